The van der Waals surface area contributed by atoms with E-state index in [1.165, 1.54) is 0 Å². The molecule has 0 unspecified atom stereocenters. The zero-order chi connectivity index (χ0) is 12.5. The molecule has 92 valence electrons. The van der Waals surface area contributed by atoms with Crippen LogP contribution >= 0.6 is 0 Å². The molecule has 1 heterocycles. The van der Waals surface area contributed by atoms with E-state index in [9.17, 15) is 4.79 Å². The maximum Gasteiger partial charge on any atom is 0.189 e. The summed E-state index contributed by atoms with van der Waals surface area (Å²) in [6, 6.07) is 0. The highest BCUT2D eigenvalue weighted by atomic mass is 28.3. The normalized spacial score (nSPS) is 27.7. The van der Waals surface area contributed by atoms with Gasteiger partial charge in [-0.2, -0.15) is 0 Å². The molecular formula is C13H18O3Si. The van der Waals surface area contributed by atoms with Crippen molar-refractivity contribution in [1.29, 1.82) is 0 Å². The van der Waals surface area contributed by atoms with Crippen LogP contribution in [0.5, 0.6) is 0 Å². The van der Waals surface area contributed by atoms with Gasteiger partial charge in [0.25, 0.3) is 0 Å². The quantitative estimate of drug-likeness (QED) is 0.529. The first-order valence-corrected chi connectivity index (χ1v) is 9.43. The van der Waals surface area contributed by atoms with Crippen molar-refractivity contribution in [1.82, 2.24) is 0 Å². The molecule has 0 N–H and O–H groups in total. The minimum absolute atomic E-state index is 0.124. The molecule has 0 bridgehead atoms. The lowest BCUT2D eigenvalue weighted by molar-refractivity contribution is -0.116. The molecule has 1 saturated heterocycles. The first-order valence-electron chi connectivity index (χ1n) is 5.93. The van der Waals surface area contributed by atoms with E-state index in [2.05, 4.69) is 31.1 Å². The Hall–Kier alpha value is -1.05. The van der Waals surface area contributed by atoms with Crippen molar-refractivity contribution in [2.24, 2.45) is 0 Å². The van der Waals surface area contributed by atoms with Gasteiger partial charge in [0, 0.05) is 18.9 Å². The predicted molar refractivity (Wildman–Crippen MR) is 67.8 cm³/mol. The first kappa shape index (κ1) is 12.4. The largest absolute Gasteiger partial charge is 0.469 e. The molecule has 0 aromatic rings. The molecule has 0 amide bonds. The van der Waals surface area contributed by atoms with Crippen LogP contribution in [0.2, 0.25) is 19.6 Å². The van der Waals surface area contributed by atoms with Gasteiger partial charge in [-0.25, -0.2) is 0 Å². The van der Waals surface area contributed by atoms with Crippen LogP contribution in [0.15, 0.2) is 11.8 Å². The zero-order valence-corrected chi connectivity index (χ0v) is 11.6. The molecule has 2 aliphatic rings. The van der Waals surface area contributed by atoms with Gasteiger partial charge in [0.2, 0.25) is 0 Å². The Morgan fingerprint density at radius 3 is 2.94 bits per heavy atom. The van der Waals surface area contributed by atoms with Crippen LogP contribution in [-0.4, -0.2) is 26.3 Å². The Morgan fingerprint density at radius 2 is 2.24 bits per heavy atom. The summed E-state index contributed by atoms with van der Waals surface area (Å²) in [6.45, 7) is 6.88. The third-order valence-electron chi connectivity index (χ3n) is 2.90. The van der Waals surface area contributed by atoms with Crippen molar-refractivity contribution in [3.63, 3.8) is 0 Å². The molecule has 4 heteroatoms. The van der Waals surface area contributed by atoms with E-state index in [0.29, 0.717) is 25.0 Å². The minimum atomic E-state index is -1.35. The number of ether oxygens (including phenoxy) is 2. The molecule has 1 atom stereocenters. The molecule has 0 radical (unpaired) electrons. The maximum absolute atomic E-state index is 11.3. The van der Waals surface area contributed by atoms with Crippen LogP contribution in [0.1, 0.15) is 19.3 Å². The summed E-state index contributed by atoms with van der Waals surface area (Å²) in [5.74, 6) is 4.03. The van der Waals surface area contributed by atoms with Crippen LogP contribution < -0.4 is 0 Å². The number of carbonyl (C=O) groups excluding carboxylic acids is 1. The number of allylic oxidation sites excluding steroid dienone is 1. The monoisotopic (exact) mass is 250 g/mol. The number of hydrogen-bond acceptors (Lipinski definition) is 3. The highest BCUT2D eigenvalue weighted by Gasteiger charge is 2.44. The Morgan fingerprint density at radius 1 is 1.47 bits per heavy atom. The van der Waals surface area contributed by atoms with E-state index in [-0.39, 0.29) is 12.6 Å². The number of carbonyl (C=O) groups is 1. The average Bonchev–Trinajstić information content (AvgIpc) is 2.59. The van der Waals surface area contributed by atoms with Crippen LogP contribution in [-0.2, 0) is 14.3 Å². The fourth-order valence-corrected chi connectivity index (χ4v) is 2.62. The summed E-state index contributed by atoms with van der Waals surface area (Å²) in [5.41, 5.74) is 2.89. The van der Waals surface area contributed by atoms with Gasteiger partial charge in [0.1, 0.15) is 19.4 Å². The Bertz CT molecular complexity index is 422. The second-order valence-electron chi connectivity index (χ2n) is 5.60. The minimum Gasteiger partial charge on any atom is -0.469 e. The van der Waals surface area contributed by atoms with E-state index in [4.69, 9.17) is 9.47 Å². The Labute approximate surface area is 103 Å². The van der Waals surface area contributed by atoms with E-state index >= 15 is 0 Å². The highest BCUT2D eigenvalue weighted by molar-refractivity contribution is 6.83. The van der Waals surface area contributed by atoms with Gasteiger partial charge in [-0.15, -0.1) is 11.5 Å². The Kier molecular flexibility index (Phi) is 3.15. The molecule has 0 aromatic carbocycles. The summed E-state index contributed by atoms with van der Waals surface area (Å²) in [6.07, 6.45) is 3.43. The van der Waals surface area contributed by atoms with Gasteiger partial charge >= 0.3 is 0 Å². The summed E-state index contributed by atoms with van der Waals surface area (Å²) >= 11 is 0. The molecule has 0 aromatic heterocycles. The molecule has 1 fully saturated rings. The number of fused-ring (bicyclic) bond motifs is 1. The van der Waals surface area contributed by atoms with E-state index in [1.54, 1.807) is 6.08 Å². The van der Waals surface area contributed by atoms with Crippen molar-refractivity contribution in [3.05, 3.63) is 11.8 Å². The molecule has 0 spiro atoms. The molecule has 17 heavy (non-hydrogen) atoms. The number of rotatable bonds is 1. The van der Waals surface area contributed by atoms with E-state index in [0.717, 1.165) is 0 Å². The standard InChI is InChI=1S/C13H18O3Si/c1-17(2,3)8-4-6-13-7-5-11(14)9-12(13)15-10-16-13/h9H,5-7,10H2,1-3H3/t13-/m1/s1. The molecule has 1 aliphatic heterocycles. The van der Waals surface area contributed by atoms with Gasteiger partial charge < -0.3 is 9.47 Å². The SMILES string of the molecule is C[Si](C)(C)C#CC[C@@]12CCC(=O)C=C1OCO2. The zero-order valence-electron chi connectivity index (χ0n) is 10.6. The third kappa shape index (κ3) is 2.79. The van der Waals surface area contributed by atoms with Gasteiger partial charge in [0.15, 0.2) is 12.6 Å². The summed E-state index contributed by atoms with van der Waals surface area (Å²) in [5, 5.41) is 0. The van der Waals surface area contributed by atoms with Crippen molar-refractivity contribution in [3.8, 4) is 11.5 Å². The van der Waals surface area contributed by atoms with Crippen molar-refractivity contribution < 1.29 is 14.3 Å². The Balaban J connectivity index is 2.15. The van der Waals surface area contributed by atoms with Crippen molar-refractivity contribution in [2.45, 2.75) is 44.5 Å². The molecular weight excluding hydrogens is 232 g/mol. The summed E-state index contributed by atoms with van der Waals surface area (Å²) in [4.78, 5) is 11.3. The van der Waals surface area contributed by atoms with E-state index < -0.39 is 13.7 Å². The molecule has 0 saturated carbocycles. The molecule has 3 nitrogen and oxygen atoms in total. The smallest absolute Gasteiger partial charge is 0.189 e. The lowest BCUT2D eigenvalue weighted by atomic mass is 9.86. The molecule has 2 rings (SSSR count). The van der Waals surface area contributed by atoms with Crippen molar-refractivity contribution in [2.75, 3.05) is 6.79 Å². The third-order valence-corrected chi connectivity index (χ3v) is 3.83. The van der Waals surface area contributed by atoms with Gasteiger partial charge in [0.05, 0.1) is 0 Å². The van der Waals surface area contributed by atoms with Gasteiger partial charge in [-0.3, -0.25) is 4.79 Å². The second kappa shape index (κ2) is 4.32. The summed E-state index contributed by atoms with van der Waals surface area (Å²) in [7, 11) is -1.35. The fourth-order valence-electron chi connectivity index (χ4n) is 2.00. The lowest BCUT2D eigenvalue weighted by Crippen LogP contribution is -2.33. The lowest BCUT2D eigenvalue weighted by Gasteiger charge is -2.27. The van der Waals surface area contributed by atoms with Crippen LogP contribution in [0.4, 0.5) is 0 Å². The van der Waals surface area contributed by atoms with Gasteiger partial charge in [-0.1, -0.05) is 19.6 Å². The fraction of sp³-hybridized carbons (Fsp3) is 0.615. The highest BCUT2D eigenvalue weighted by Crippen LogP contribution is 2.39. The summed E-state index contributed by atoms with van der Waals surface area (Å²) < 4.78 is 11.1. The topological polar surface area (TPSA) is 35.5 Å². The van der Waals surface area contributed by atoms with Crippen LogP contribution in [0.25, 0.3) is 0 Å². The van der Waals surface area contributed by atoms with Crippen LogP contribution in [0, 0.1) is 11.5 Å². The predicted octanol–water partition coefficient (Wildman–Crippen LogP) is 2.25. The number of hydrogen-bond donors (Lipinski definition) is 0. The van der Waals surface area contributed by atoms with Gasteiger partial charge in [-0.05, 0) is 6.42 Å². The first-order chi connectivity index (χ1) is 7.91. The average molecular weight is 250 g/mol. The second-order valence-corrected chi connectivity index (χ2v) is 10.4. The van der Waals surface area contributed by atoms with E-state index in [1.807, 2.05) is 0 Å². The molecule has 1 aliphatic carbocycles. The van der Waals surface area contributed by atoms with Crippen LogP contribution in [0.3, 0.4) is 0 Å². The number of ketones is 1. The van der Waals surface area contributed by atoms with Crippen molar-refractivity contribution >= 4 is 13.9 Å². The maximum atomic E-state index is 11.3.